The predicted molar refractivity (Wildman–Crippen MR) is 100 cm³/mol. The van der Waals surface area contributed by atoms with Gasteiger partial charge in [-0.25, -0.2) is 0 Å². The van der Waals surface area contributed by atoms with Crippen LogP contribution >= 0.6 is 0 Å². The van der Waals surface area contributed by atoms with Gasteiger partial charge in [0.2, 0.25) is 11.8 Å². The molecule has 2 amide bonds. The highest BCUT2D eigenvalue weighted by atomic mass is 16.2. The van der Waals surface area contributed by atoms with Crippen molar-refractivity contribution in [3.63, 3.8) is 0 Å². The van der Waals surface area contributed by atoms with E-state index in [-0.39, 0.29) is 35.7 Å². The summed E-state index contributed by atoms with van der Waals surface area (Å²) in [5.74, 6) is 0.444. The van der Waals surface area contributed by atoms with Gasteiger partial charge in [-0.15, -0.1) is 0 Å². The van der Waals surface area contributed by atoms with Crippen LogP contribution in [0.2, 0.25) is 0 Å². The number of rotatable bonds is 7. The zero-order chi connectivity index (χ0) is 17.9. The molecule has 0 spiro atoms. The summed E-state index contributed by atoms with van der Waals surface area (Å²) in [5, 5.41) is 6.03. The van der Waals surface area contributed by atoms with Crippen LogP contribution < -0.4 is 10.6 Å². The molecule has 4 atom stereocenters. The quantitative estimate of drug-likeness (QED) is 0.594. The summed E-state index contributed by atoms with van der Waals surface area (Å²) >= 11 is 0. The fraction of sp³-hybridized carbons (Fsp3) is 0.364. The second-order valence-corrected chi connectivity index (χ2v) is 7.29. The lowest BCUT2D eigenvalue weighted by atomic mass is 9.79. The summed E-state index contributed by atoms with van der Waals surface area (Å²) < 4.78 is 0. The van der Waals surface area contributed by atoms with Crippen LogP contribution in [0.1, 0.15) is 48.9 Å². The first kappa shape index (κ1) is 16.8. The van der Waals surface area contributed by atoms with Gasteiger partial charge in [-0.3, -0.25) is 9.59 Å². The van der Waals surface area contributed by atoms with Crippen molar-refractivity contribution in [2.24, 2.45) is 11.8 Å². The summed E-state index contributed by atoms with van der Waals surface area (Å²) in [4.78, 5) is 23.8. The Balaban J connectivity index is 1.26. The second kappa shape index (κ2) is 7.32. The number of benzene rings is 2. The lowest BCUT2D eigenvalue weighted by Crippen LogP contribution is -2.52. The number of unbranched alkanes of at least 4 members (excludes halogenated alkanes) is 1. The van der Waals surface area contributed by atoms with Crippen molar-refractivity contribution >= 4 is 11.8 Å². The van der Waals surface area contributed by atoms with Gasteiger partial charge in [-0.05, 0) is 24.0 Å². The van der Waals surface area contributed by atoms with Gasteiger partial charge in [-0.2, -0.15) is 0 Å². The zero-order valence-electron chi connectivity index (χ0n) is 14.7. The van der Waals surface area contributed by atoms with E-state index in [9.17, 15) is 9.59 Å². The van der Waals surface area contributed by atoms with Gasteiger partial charge >= 0.3 is 0 Å². The number of β-lactam (4-membered cyclic amide) rings is 2. The minimum absolute atomic E-state index is 0.0672. The minimum Gasteiger partial charge on any atom is -0.348 e. The average Bonchev–Trinajstić information content (AvgIpc) is 2.68. The van der Waals surface area contributed by atoms with Gasteiger partial charge in [0, 0.05) is 0 Å². The van der Waals surface area contributed by atoms with Crippen molar-refractivity contribution < 1.29 is 9.59 Å². The van der Waals surface area contributed by atoms with Crippen molar-refractivity contribution in [1.29, 1.82) is 0 Å². The third kappa shape index (κ3) is 3.24. The number of hydrogen-bond acceptors (Lipinski definition) is 2. The Morgan fingerprint density at radius 1 is 0.615 bits per heavy atom. The van der Waals surface area contributed by atoms with Crippen molar-refractivity contribution in [2.75, 3.05) is 0 Å². The molecule has 4 heteroatoms. The van der Waals surface area contributed by atoms with Crippen LogP contribution in [0.5, 0.6) is 0 Å². The average molecular weight is 348 g/mol. The smallest absolute Gasteiger partial charge is 0.226 e. The number of amides is 2. The molecule has 0 radical (unpaired) electrons. The van der Waals surface area contributed by atoms with Crippen LogP contribution in [-0.4, -0.2) is 11.8 Å². The summed E-state index contributed by atoms with van der Waals surface area (Å²) in [6, 6.07) is 20.6. The highest BCUT2D eigenvalue weighted by Gasteiger charge is 2.41. The van der Waals surface area contributed by atoms with E-state index in [1.165, 1.54) is 11.1 Å². The molecule has 2 fully saturated rings. The van der Waals surface area contributed by atoms with Gasteiger partial charge in [0.1, 0.15) is 0 Å². The van der Waals surface area contributed by atoms with Gasteiger partial charge < -0.3 is 10.6 Å². The molecule has 2 heterocycles. The van der Waals surface area contributed by atoms with Crippen LogP contribution in [0.4, 0.5) is 0 Å². The van der Waals surface area contributed by atoms with Crippen LogP contribution in [0.25, 0.3) is 0 Å². The molecule has 134 valence electrons. The first-order valence-electron chi connectivity index (χ1n) is 9.44. The molecule has 2 N–H and O–H groups in total. The molecule has 2 aliphatic rings. The molecule has 2 saturated heterocycles. The largest absolute Gasteiger partial charge is 0.348 e. The fourth-order valence-electron chi connectivity index (χ4n) is 4.11. The molecule has 4 rings (SSSR count). The molecule has 2 aliphatic heterocycles. The van der Waals surface area contributed by atoms with Crippen molar-refractivity contribution in [2.45, 2.75) is 37.8 Å². The molecule has 0 bridgehead atoms. The minimum atomic E-state index is 0.0672. The number of nitrogens with one attached hydrogen (secondary N) is 2. The maximum absolute atomic E-state index is 11.9. The molecule has 2 aromatic carbocycles. The Bertz CT molecular complexity index is 708. The summed E-state index contributed by atoms with van der Waals surface area (Å²) in [6.07, 6.45) is 3.73. The van der Waals surface area contributed by atoms with E-state index < -0.39 is 0 Å². The third-order valence-corrected chi connectivity index (χ3v) is 5.67. The van der Waals surface area contributed by atoms with Gasteiger partial charge in [0.15, 0.2) is 0 Å². The molecule has 2 aromatic rings. The van der Waals surface area contributed by atoms with Crippen LogP contribution in [0.15, 0.2) is 60.7 Å². The lowest BCUT2D eigenvalue weighted by molar-refractivity contribution is -0.137. The third-order valence-electron chi connectivity index (χ3n) is 5.67. The Labute approximate surface area is 154 Å². The molecule has 0 aromatic heterocycles. The second-order valence-electron chi connectivity index (χ2n) is 7.29. The molecule has 0 aliphatic carbocycles. The van der Waals surface area contributed by atoms with E-state index in [0.29, 0.717) is 0 Å². The summed E-state index contributed by atoms with van der Waals surface area (Å²) in [5.41, 5.74) is 2.36. The standard InChI is InChI=1S/C22H24N2O2/c25-21-17(19(23-21)15-9-3-1-4-10-15)13-7-8-14-18-20(24-22(18)26)16-11-5-2-6-12-16/h1-6,9-12,17-20H,7-8,13-14H2,(H,23,25)(H,24,26)/t17?,18?,19-,20-/m0/s1. The summed E-state index contributed by atoms with van der Waals surface area (Å²) in [6.45, 7) is 0. The molecule has 26 heavy (non-hydrogen) atoms. The van der Waals surface area contributed by atoms with E-state index in [2.05, 4.69) is 34.9 Å². The van der Waals surface area contributed by atoms with Crippen molar-refractivity contribution in [3.05, 3.63) is 71.8 Å². The van der Waals surface area contributed by atoms with Crippen LogP contribution in [0, 0.1) is 11.8 Å². The molecule has 0 saturated carbocycles. The van der Waals surface area contributed by atoms with E-state index in [1.807, 2.05) is 36.4 Å². The highest BCUT2D eigenvalue weighted by Crippen LogP contribution is 2.36. The lowest BCUT2D eigenvalue weighted by Gasteiger charge is -2.38. The van der Waals surface area contributed by atoms with Gasteiger partial charge in [0.05, 0.1) is 23.9 Å². The van der Waals surface area contributed by atoms with Crippen molar-refractivity contribution in [1.82, 2.24) is 10.6 Å². The van der Waals surface area contributed by atoms with E-state index in [4.69, 9.17) is 0 Å². The molecular formula is C22H24N2O2. The number of hydrogen-bond donors (Lipinski definition) is 2. The van der Waals surface area contributed by atoms with E-state index in [1.54, 1.807) is 0 Å². The first-order chi connectivity index (χ1) is 12.7. The monoisotopic (exact) mass is 348 g/mol. The Hall–Kier alpha value is -2.62. The molecule has 2 unspecified atom stereocenters. The highest BCUT2D eigenvalue weighted by molar-refractivity contribution is 5.86. The maximum Gasteiger partial charge on any atom is 0.226 e. The van der Waals surface area contributed by atoms with E-state index in [0.717, 1.165) is 25.7 Å². The van der Waals surface area contributed by atoms with Crippen molar-refractivity contribution in [3.8, 4) is 0 Å². The van der Waals surface area contributed by atoms with Gasteiger partial charge in [-0.1, -0.05) is 73.5 Å². The first-order valence-corrected chi connectivity index (χ1v) is 9.44. The fourth-order valence-corrected chi connectivity index (χ4v) is 4.11. The Morgan fingerprint density at radius 2 is 1.00 bits per heavy atom. The molecular weight excluding hydrogens is 324 g/mol. The Morgan fingerprint density at radius 3 is 1.35 bits per heavy atom. The SMILES string of the molecule is O=C1N[C@@H](c2ccccc2)C1CCCCC1C(=O)N[C@H]1c1ccccc1. The number of carbonyl (C=O) groups excluding carboxylic acids is 2. The zero-order valence-corrected chi connectivity index (χ0v) is 14.7. The van der Waals surface area contributed by atoms with Crippen LogP contribution in [-0.2, 0) is 9.59 Å². The predicted octanol–water partition coefficient (Wildman–Crippen LogP) is 3.52. The van der Waals surface area contributed by atoms with Crippen LogP contribution in [0.3, 0.4) is 0 Å². The Kier molecular flexibility index (Phi) is 4.74. The maximum atomic E-state index is 11.9. The molecule has 4 nitrogen and oxygen atoms in total. The topological polar surface area (TPSA) is 58.2 Å². The number of carbonyl (C=O) groups is 2. The van der Waals surface area contributed by atoms with E-state index >= 15 is 0 Å². The summed E-state index contributed by atoms with van der Waals surface area (Å²) in [7, 11) is 0. The normalized spacial score (nSPS) is 27.1. The van der Waals surface area contributed by atoms with Gasteiger partial charge in [0.25, 0.3) is 0 Å².